The summed E-state index contributed by atoms with van der Waals surface area (Å²) in [6.45, 7) is 4.50. The van der Waals surface area contributed by atoms with Crippen LogP contribution in [0.4, 0.5) is 5.95 Å². The smallest absolute Gasteiger partial charge is 0.251 e. The Morgan fingerprint density at radius 3 is 2.57 bits per heavy atom. The third kappa shape index (κ3) is 4.05. The number of hydrogen-bond donors (Lipinski definition) is 2. The van der Waals surface area contributed by atoms with Gasteiger partial charge in [-0.3, -0.25) is 9.69 Å². The molecule has 2 aromatic heterocycles. The maximum atomic E-state index is 11.9. The van der Waals surface area contributed by atoms with Gasteiger partial charge in [-0.05, 0) is 5.56 Å². The summed E-state index contributed by atoms with van der Waals surface area (Å²) in [4.78, 5) is 36.1. The van der Waals surface area contributed by atoms with Crippen LogP contribution in [-0.2, 0) is 13.1 Å². The topological polar surface area (TPSA) is 117 Å². The number of H-pyrrole nitrogens is 1. The van der Waals surface area contributed by atoms with Gasteiger partial charge in [0.15, 0.2) is 0 Å². The van der Waals surface area contributed by atoms with Crippen LogP contribution >= 0.6 is 0 Å². The Balaban J connectivity index is 1.50. The molecule has 144 valence electrons. The highest BCUT2D eigenvalue weighted by Gasteiger charge is 2.20. The molecular weight excluding hydrogens is 356 g/mol. The number of aromatic amines is 1. The summed E-state index contributed by atoms with van der Waals surface area (Å²) in [5.41, 5.74) is 8.11. The van der Waals surface area contributed by atoms with Crippen LogP contribution in [0.2, 0.25) is 0 Å². The normalized spacial score (nSPS) is 15.0. The maximum Gasteiger partial charge on any atom is 0.251 e. The SMILES string of the molecule is NCc1cc(=O)[nH]c(-c2ccccc2CN2CCN(c3ncncn3)CC2)n1. The van der Waals surface area contributed by atoms with Gasteiger partial charge in [-0.2, -0.15) is 0 Å². The van der Waals surface area contributed by atoms with Crippen molar-refractivity contribution >= 4 is 5.95 Å². The first-order valence-corrected chi connectivity index (χ1v) is 9.21. The molecule has 3 aromatic rings. The van der Waals surface area contributed by atoms with E-state index in [1.807, 2.05) is 18.2 Å². The minimum absolute atomic E-state index is 0.189. The zero-order valence-electron chi connectivity index (χ0n) is 15.5. The van der Waals surface area contributed by atoms with Crippen LogP contribution in [-0.4, -0.2) is 56.0 Å². The van der Waals surface area contributed by atoms with E-state index in [1.54, 1.807) is 0 Å². The first-order chi connectivity index (χ1) is 13.7. The van der Waals surface area contributed by atoms with Crippen molar-refractivity contribution < 1.29 is 0 Å². The summed E-state index contributed by atoms with van der Waals surface area (Å²) >= 11 is 0. The van der Waals surface area contributed by atoms with Crippen molar-refractivity contribution in [2.75, 3.05) is 31.1 Å². The number of benzene rings is 1. The zero-order chi connectivity index (χ0) is 19.3. The van der Waals surface area contributed by atoms with Crippen LogP contribution in [0, 0.1) is 0 Å². The third-order valence-corrected chi connectivity index (χ3v) is 4.81. The molecule has 3 heterocycles. The van der Waals surface area contributed by atoms with Crippen molar-refractivity contribution in [3.8, 4) is 11.4 Å². The van der Waals surface area contributed by atoms with E-state index < -0.39 is 0 Å². The van der Waals surface area contributed by atoms with Gasteiger partial charge in [-0.15, -0.1) is 0 Å². The molecule has 9 heteroatoms. The third-order valence-electron chi connectivity index (χ3n) is 4.81. The number of rotatable bonds is 5. The molecule has 0 spiro atoms. The highest BCUT2D eigenvalue weighted by Crippen LogP contribution is 2.22. The lowest BCUT2D eigenvalue weighted by Crippen LogP contribution is -2.46. The average molecular weight is 378 g/mol. The van der Waals surface area contributed by atoms with Gasteiger partial charge < -0.3 is 15.6 Å². The second-order valence-corrected chi connectivity index (χ2v) is 6.65. The van der Waals surface area contributed by atoms with Gasteiger partial charge in [-0.25, -0.2) is 19.9 Å². The van der Waals surface area contributed by atoms with Crippen molar-refractivity contribution in [3.63, 3.8) is 0 Å². The number of hydrogen-bond acceptors (Lipinski definition) is 8. The van der Waals surface area contributed by atoms with Gasteiger partial charge in [0.05, 0.1) is 5.69 Å². The van der Waals surface area contributed by atoms with E-state index in [0.29, 0.717) is 11.5 Å². The van der Waals surface area contributed by atoms with Gasteiger partial charge >= 0.3 is 0 Å². The summed E-state index contributed by atoms with van der Waals surface area (Å²) in [5.74, 6) is 1.28. The summed E-state index contributed by atoms with van der Waals surface area (Å²) in [6, 6.07) is 9.45. The zero-order valence-corrected chi connectivity index (χ0v) is 15.5. The maximum absolute atomic E-state index is 11.9. The number of nitrogens with one attached hydrogen (secondary N) is 1. The monoisotopic (exact) mass is 378 g/mol. The Morgan fingerprint density at radius 2 is 1.82 bits per heavy atom. The predicted molar refractivity (Wildman–Crippen MR) is 106 cm³/mol. The van der Waals surface area contributed by atoms with Crippen LogP contribution in [0.15, 0.2) is 47.8 Å². The standard InChI is InChI=1S/C19H22N8O/c20-10-15-9-17(28)25-18(24-15)16-4-2-1-3-14(16)11-26-5-7-27(8-6-26)19-22-12-21-13-23-19/h1-4,9,12-13H,5-8,10-11,20H2,(H,24,25,28). The summed E-state index contributed by atoms with van der Waals surface area (Å²) in [7, 11) is 0. The van der Waals surface area contributed by atoms with E-state index in [1.165, 1.54) is 18.7 Å². The van der Waals surface area contributed by atoms with Crippen molar-refractivity contribution in [1.82, 2.24) is 29.8 Å². The molecule has 4 rings (SSSR count). The van der Waals surface area contributed by atoms with Crippen LogP contribution in [0.1, 0.15) is 11.3 Å². The molecule has 1 aliphatic heterocycles. The molecule has 0 amide bonds. The van der Waals surface area contributed by atoms with E-state index in [0.717, 1.165) is 49.8 Å². The molecule has 1 aromatic carbocycles. The molecule has 9 nitrogen and oxygen atoms in total. The van der Waals surface area contributed by atoms with E-state index in [4.69, 9.17) is 5.73 Å². The number of nitrogens with two attached hydrogens (primary N) is 1. The fourth-order valence-corrected chi connectivity index (χ4v) is 3.37. The number of nitrogens with zero attached hydrogens (tertiary/aromatic N) is 6. The van der Waals surface area contributed by atoms with Crippen molar-refractivity contribution in [3.05, 3.63) is 64.6 Å². The Kier molecular flexibility index (Phi) is 5.36. The molecule has 1 saturated heterocycles. The van der Waals surface area contributed by atoms with E-state index >= 15 is 0 Å². The Labute approximate surface area is 162 Å². The minimum atomic E-state index is -0.189. The van der Waals surface area contributed by atoms with Gasteiger partial charge in [-0.1, -0.05) is 24.3 Å². The molecule has 28 heavy (non-hydrogen) atoms. The Hall–Kier alpha value is -3.17. The molecule has 1 fully saturated rings. The Morgan fingerprint density at radius 1 is 1.07 bits per heavy atom. The van der Waals surface area contributed by atoms with Crippen LogP contribution in [0.3, 0.4) is 0 Å². The van der Waals surface area contributed by atoms with Crippen molar-refractivity contribution in [2.24, 2.45) is 5.73 Å². The van der Waals surface area contributed by atoms with E-state index in [-0.39, 0.29) is 12.1 Å². The fourth-order valence-electron chi connectivity index (χ4n) is 3.37. The quantitative estimate of drug-likeness (QED) is 0.655. The first kappa shape index (κ1) is 18.2. The van der Waals surface area contributed by atoms with Crippen molar-refractivity contribution in [2.45, 2.75) is 13.1 Å². The summed E-state index contributed by atoms with van der Waals surface area (Å²) in [5, 5.41) is 0. The molecule has 0 bridgehead atoms. The largest absolute Gasteiger partial charge is 0.338 e. The van der Waals surface area contributed by atoms with Crippen LogP contribution in [0.25, 0.3) is 11.4 Å². The average Bonchev–Trinajstić information content (AvgIpc) is 2.75. The summed E-state index contributed by atoms with van der Waals surface area (Å²) in [6.07, 6.45) is 3.04. The molecule has 0 aliphatic carbocycles. The minimum Gasteiger partial charge on any atom is -0.338 e. The highest BCUT2D eigenvalue weighted by atomic mass is 16.1. The lowest BCUT2D eigenvalue weighted by atomic mass is 10.1. The number of piperazine rings is 1. The molecule has 0 atom stereocenters. The second kappa shape index (κ2) is 8.24. The van der Waals surface area contributed by atoms with Gasteiger partial charge in [0.2, 0.25) is 5.95 Å². The van der Waals surface area contributed by atoms with Gasteiger partial charge in [0.1, 0.15) is 18.5 Å². The van der Waals surface area contributed by atoms with Crippen LogP contribution in [0.5, 0.6) is 0 Å². The number of anilines is 1. The van der Waals surface area contributed by atoms with Gasteiger partial charge in [0, 0.05) is 50.9 Å². The summed E-state index contributed by atoms with van der Waals surface area (Å²) < 4.78 is 0. The number of aromatic nitrogens is 5. The molecule has 3 N–H and O–H groups in total. The molecule has 1 aliphatic rings. The molecule has 0 unspecified atom stereocenters. The Bertz CT molecular complexity index is 982. The molecule has 0 saturated carbocycles. The lowest BCUT2D eigenvalue weighted by molar-refractivity contribution is 0.249. The predicted octanol–water partition coefficient (Wildman–Crippen LogP) is 0.403. The van der Waals surface area contributed by atoms with Crippen LogP contribution < -0.4 is 16.2 Å². The molecular formula is C19H22N8O. The molecule has 0 radical (unpaired) electrons. The fraction of sp³-hybridized carbons (Fsp3) is 0.316. The van der Waals surface area contributed by atoms with E-state index in [9.17, 15) is 4.79 Å². The highest BCUT2D eigenvalue weighted by molar-refractivity contribution is 5.60. The second-order valence-electron chi connectivity index (χ2n) is 6.65. The lowest BCUT2D eigenvalue weighted by Gasteiger charge is -2.34. The van der Waals surface area contributed by atoms with E-state index in [2.05, 4.69) is 40.8 Å². The van der Waals surface area contributed by atoms with Crippen molar-refractivity contribution in [1.29, 1.82) is 0 Å². The van der Waals surface area contributed by atoms with Gasteiger partial charge in [0.25, 0.3) is 5.56 Å². The first-order valence-electron chi connectivity index (χ1n) is 9.21.